The van der Waals surface area contributed by atoms with Gasteiger partial charge in [-0.05, 0) is 42.0 Å². The summed E-state index contributed by atoms with van der Waals surface area (Å²) in [5.74, 6) is 0.205. The average molecular weight is 434 g/mol. The SMILES string of the molecule is Oc1cccc(-c2ncn(Cc3ccc(Cl)cc3)c2-c2c[nH]c3cc(Cl)ccc23)c1. The lowest BCUT2D eigenvalue weighted by molar-refractivity contribution is 0.475. The summed E-state index contributed by atoms with van der Waals surface area (Å²) in [5, 5.41) is 12.4. The van der Waals surface area contributed by atoms with Crippen LogP contribution < -0.4 is 0 Å². The summed E-state index contributed by atoms with van der Waals surface area (Å²) in [7, 11) is 0. The van der Waals surface area contributed by atoms with Crippen molar-refractivity contribution < 1.29 is 5.11 Å². The Morgan fingerprint density at radius 2 is 1.73 bits per heavy atom. The van der Waals surface area contributed by atoms with Crippen LogP contribution in [0.5, 0.6) is 5.75 Å². The highest BCUT2D eigenvalue weighted by Gasteiger charge is 2.19. The van der Waals surface area contributed by atoms with Crippen LogP contribution in [0.3, 0.4) is 0 Å². The van der Waals surface area contributed by atoms with Crippen LogP contribution >= 0.6 is 23.2 Å². The van der Waals surface area contributed by atoms with Gasteiger partial charge in [-0.3, -0.25) is 0 Å². The van der Waals surface area contributed by atoms with E-state index in [-0.39, 0.29) is 5.75 Å². The number of aromatic amines is 1. The number of H-pyrrole nitrogens is 1. The van der Waals surface area contributed by atoms with Gasteiger partial charge < -0.3 is 14.7 Å². The number of nitrogens with zero attached hydrogens (tertiary/aromatic N) is 2. The van der Waals surface area contributed by atoms with Crippen molar-refractivity contribution in [3.8, 4) is 28.3 Å². The van der Waals surface area contributed by atoms with Crippen LogP contribution in [0.1, 0.15) is 5.56 Å². The van der Waals surface area contributed by atoms with Crippen LogP contribution in [0.25, 0.3) is 33.4 Å². The largest absolute Gasteiger partial charge is 0.508 e. The Morgan fingerprint density at radius 3 is 2.53 bits per heavy atom. The van der Waals surface area contributed by atoms with Crippen LogP contribution in [-0.2, 0) is 6.54 Å². The van der Waals surface area contributed by atoms with Gasteiger partial charge >= 0.3 is 0 Å². The Morgan fingerprint density at radius 1 is 0.933 bits per heavy atom. The third-order valence-corrected chi connectivity index (χ3v) is 5.61. The van der Waals surface area contributed by atoms with Gasteiger partial charge in [0.2, 0.25) is 0 Å². The van der Waals surface area contributed by atoms with Gasteiger partial charge in [-0.15, -0.1) is 0 Å². The number of rotatable bonds is 4. The Kier molecular flexibility index (Phi) is 4.74. The molecule has 4 nitrogen and oxygen atoms in total. The molecule has 0 amide bonds. The summed E-state index contributed by atoms with van der Waals surface area (Å²) in [5.41, 5.74) is 5.71. The zero-order valence-electron chi connectivity index (χ0n) is 15.8. The zero-order valence-corrected chi connectivity index (χ0v) is 17.3. The van der Waals surface area contributed by atoms with E-state index in [2.05, 4.69) is 9.55 Å². The van der Waals surface area contributed by atoms with Gasteiger partial charge in [0.1, 0.15) is 5.75 Å². The van der Waals surface area contributed by atoms with Crippen LogP contribution in [0.15, 0.2) is 79.3 Å². The molecule has 0 atom stereocenters. The van der Waals surface area contributed by atoms with Crippen molar-refractivity contribution in [1.82, 2.24) is 14.5 Å². The van der Waals surface area contributed by atoms with Crippen LogP contribution in [0.2, 0.25) is 10.0 Å². The first-order valence-electron chi connectivity index (χ1n) is 9.44. The summed E-state index contributed by atoms with van der Waals surface area (Å²) in [6, 6.07) is 20.7. The van der Waals surface area contributed by atoms with E-state index in [1.54, 1.807) is 12.1 Å². The number of nitrogens with one attached hydrogen (secondary N) is 1. The highest BCUT2D eigenvalue weighted by Crippen LogP contribution is 2.37. The normalized spacial score (nSPS) is 11.3. The number of benzene rings is 3. The van der Waals surface area contributed by atoms with Crippen LogP contribution in [0.4, 0.5) is 0 Å². The molecule has 0 aliphatic rings. The lowest BCUT2D eigenvalue weighted by Crippen LogP contribution is -2.00. The van der Waals surface area contributed by atoms with Crippen LogP contribution in [0, 0.1) is 0 Å². The van der Waals surface area contributed by atoms with Gasteiger partial charge in [0, 0.05) is 44.8 Å². The van der Waals surface area contributed by atoms with Crippen LogP contribution in [-0.4, -0.2) is 19.6 Å². The van der Waals surface area contributed by atoms with Gasteiger partial charge in [-0.1, -0.05) is 53.5 Å². The molecule has 30 heavy (non-hydrogen) atoms. The molecule has 0 unspecified atom stereocenters. The maximum absolute atomic E-state index is 10.00. The molecular formula is C24H17Cl2N3O. The van der Waals surface area contributed by atoms with Gasteiger partial charge in [0.05, 0.1) is 17.7 Å². The molecule has 5 aromatic rings. The summed E-state index contributed by atoms with van der Waals surface area (Å²) >= 11 is 12.2. The van der Waals surface area contributed by atoms with Crippen molar-refractivity contribution in [3.05, 3.63) is 94.9 Å². The standard InChI is InChI=1S/C24H17Cl2N3O/c25-17-6-4-15(5-7-17)13-29-14-28-23(16-2-1-3-19(30)10-16)24(29)21-12-27-22-11-18(26)8-9-20(21)22/h1-12,14,27,30H,13H2. The molecule has 2 heterocycles. The molecule has 0 saturated heterocycles. The zero-order chi connectivity index (χ0) is 20.7. The highest BCUT2D eigenvalue weighted by atomic mass is 35.5. The molecule has 0 radical (unpaired) electrons. The lowest BCUT2D eigenvalue weighted by atomic mass is 10.0. The number of hydrogen-bond acceptors (Lipinski definition) is 2. The first-order valence-corrected chi connectivity index (χ1v) is 10.2. The summed E-state index contributed by atoms with van der Waals surface area (Å²) in [4.78, 5) is 8.02. The highest BCUT2D eigenvalue weighted by molar-refractivity contribution is 6.31. The Balaban J connectivity index is 1.70. The van der Waals surface area contributed by atoms with Crippen molar-refractivity contribution in [3.63, 3.8) is 0 Å². The first kappa shape index (κ1) is 18.8. The van der Waals surface area contributed by atoms with Crippen molar-refractivity contribution in [1.29, 1.82) is 0 Å². The molecule has 0 aliphatic heterocycles. The molecule has 6 heteroatoms. The third kappa shape index (κ3) is 3.45. The number of phenolic OH excluding ortho intramolecular Hbond substituents is 1. The molecule has 2 N–H and O–H groups in total. The second-order valence-corrected chi connectivity index (χ2v) is 8.01. The molecule has 5 rings (SSSR count). The van der Waals surface area contributed by atoms with Gasteiger partial charge in [0.15, 0.2) is 0 Å². The Labute approximate surface area is 183 Å². The van der Waals surface area contributed by atoms with Crippen molar-refractivity contribution >= 4 is 34.1 Å². The molecule has 0 aliphatic carbocycles. The number of fused-ring (bicyclic) bond motifs is 1. The molecule has 0 spiro atoms. The number of aromatic nitrogens is 3. The second kappa shape index (κ2) is 7.56. The third-order valence-electron chi connectivity index (χ3n) is 5.12. The monoisotopic (exact) mass is 433 g/mol. The fourth-order valence-corrected chi connectivity index (χ4v) is 4.03. The number of halogens is 2. The quantitative estimate of drug-likeness (QED) is 0.328. The molecular weight excluding hydrogens is 417 g/mol. The number of phenols is 1. The fraction of sp³-hybridized carbons (Fsp3) is 0.0417. The van der Waals surface area contributed by atoms with E-state index in [1.807, 2.05) is 67.1 Å². The van der Waals surface area contributed by atoms with Crippen molar-refractivity contribution in [2.75, 3.05) is 0 Å². The van der Waals surface area contributed by atoms with Crippen molar-refractivity contribution in [2.45, 2.75) is 6.54 Å². The smallest absolute Gasteiger partial charge is 0.116 e. The molecule has 0 fully saturated rings. The van der Waals surface area contributed by atoms with Crippen molar-refractivity contribution in [2.24, 2.45) is 0 Å². The molecule has 148 valence electrons. The maximum Gasteiger partial charge on any atom is 0.116 e. The summed E-state index contributed by atoms with van der Waals surface area (Å²) < 4.78 is 2.11. The minimum absolute atomic E-state index is 0.205. The van der Waals surface area contributed by atoms with E-state index in [4.69, 9.17) is 28.2 Å². The number of hydrogen-bond donors (Lipinski definition) is 2. The summed E-state index contributed by atoms with van der Waals surface area (Å²) in [6.45, 7) is 0.637. The van der Waals surface area contributed by atoms with E-state index in [1.165, 1.54) is 0 Å². The first-order chi connectivity index (χ1) is 14.6. The van der Waals surface area contributed by atoms with Gasteiger partial charge in [-0.25, -0.2) is 4.98 Å². The average Bonchev–Trinajstić information content (AvgIpc) is 3.33. The predicted octanol–water partition coefficient (Wildman–Crippen LogP) is 6.76. The second-order valence-electron chi connectivity index (χ2n) is 7.14. The van der Waals surface area contributed by atoms with E-state index in [0.717, 1.165) is 39.0 Å². The Hall–Kier alpha value is -3.21. The molecule has 2 aromatic heterocycles. The van der Waals surface area contributed by atoms with E-state index in [0.29, 0.717) is 16.6 Å². The Bertz CT molecular complexity index is 1350. The summed E-state index contributed by atoms with van der Waals surface area (Å²) in [6.07, 6.45) is 3.81. The minimum atomic E-state index is 0.205. The molecule has 0 bridgehead atoms. The van der Waals surface area contributed by atoms with E-state index < -0.39 is 0 Å². The minimum Gasteiger partial charge on any atom is -0.508 e. The van der Waals surface area contributed by atoms with E-state index >= 15 is 0 Å². The lowest BCUT2D eigenvalue weighted by Gasteiger charge is -2.11. The fourth-order valence-electron chi connectivity index (χ4n) is 3.73. The maximum atomic E-state index is 10.00. The molecule has 0 saturated carbocycles. The number of imidazole rings is 1. The topological polar surface area (TPSA) is 53.8 Å². The number of aromatic hydroxyl groups is 1. The van der Waals surface area contributed by atoms with Gasteiger partial charge in [-0.2, -0.15) is 0 Å². The predicted molar refractivity (Wildman–Crippen MR) is 122 cm³/mol. The van der Waals surface area contributed by atoms with Gasteiger partial charge in [0.25, 0.3) is 0 Å². The molecule has 3 aromatic carbocycles. The van der Waals surface area contributed by atoms with E-state index in [9.17, 15) is 5.11 Å².